The lowest BCUT2D eigenvalue weighted by atomic mass is 10.1. The Bertz CT molecular complexity index is 499. The first-order valence-electron chi connectivity index (χ1n) is 6.06. The predicted octanol–water partition coefficient (Wildman–Crippen LogP) is 0.522. The van der Waals surface area contributed by atoms with Gasteiger partial charge in [0.1, 0.15) is 0 Å². The van der Waals surface area contributed by atoms with Gasteiger partial charge >= 0.3 is 0 Å². The maximum Gasteiger partial charge on any atom is 0.238 e. The molecular weight excluding hydrogens is 250 g/mol. The number of rotatable bonds is 3. The van der Waals surface area contributed by atoms with E-state index < -0.39 is 10.0 Å². The Labute approximate surface area is 108 Å². The molecule has 0 amide bonds. The van der Waals surface area contributed by atoms with Crippen molar-refractivity contribution in [1.29, 1.82) is 0 Å². The Morgan fingerprint density at radius 1 is 1.33 bits per heavy atom. The minimum absolute atomic E-state index is 0.161. The van der Waals surface area contributed by atoms with Crippen LogP contribution < -0.4 is 15.4 Å². The summed E-state index contributed by atoms with van der Waals surface area (Å²) >= 11 is 0. The van der Waals surface area contributed by atoms with Gasteiger partial charge in [-0.15, -0.1) is 0 Å². The number of piperidine rings is 1. The second kappa shape index (κ2) is 5.26. The van der Waals surface area contributed by atoms with Crippen LogP contribution in [0.2, 0.25) is 0 Å². The Hall–Kier alpha value is -1.11. The highest BCUT2D eigenvalue weighted by Crippen LogP contribution is 2.21. The van der Waals surface area contributed by atoms with Gasteiger partial charge in [0, 0.05) is 24.8 Å². The van der Waals surface area contributed by atoms with Crippen molar-refractivity contribution in [2.45, 2.75) is 23.8 Å². The van der Waals surface area contributed by atoms with E-state index in [2.05, 4.69) is 10.2 Å². The maximum atomic E-state index is 11.2. The molecule has 1 saturated heterocycles. The number of likely N-dealkylation sites (N-methyl/N-ethyl adjacent to an activating group) is 1. The molecule has 1 atom stereocenters. The summed E-state index contributed by atoms with van der Waals surface area (Å²) < 4.78 is 22.3. The highest BCUT2D eigenvalue weighted by molar-refractivity contribution is 7.89. The third-order valence-electron chi connectivity index (χ3n) is 3.36. The van der Waals surface area contributed by atoms with Crippen LogP contribution >= 0.6 is 0 Å². The van der Waals surface area contributed by atoms with E-state index in [0.717, 1.165) is 25.2 Å². The van der Waals surface area contributed by atoms with E-state index in [4.69, 9.17) is 5.14 Å². The molecule has 0 radical (unpaired) electrons. The molecule has 1 heterocycles. The van der Waals surface area contributed by atoms with Gasteiger partial charge in [0.25, 0.3) is 0 Å². The molecule has 18 heavy (non-hydrogen) atoms. The standard InChI is InChI=1S/C12H19N3O2S/c1-14-10-3-2-8-15(9-10)11-4-6-12(7-5-11)18(13,16)17/h4-7,10,14H,2-3,8-9H2,1H3,(H2,13,16,17). The summed E-state index contributed by atoms with van der Waals surface area (Å²) in [4.78, 5) is 2.42. The molecule has 2 rings (SSSR count). The lowest BCUT2D eigenvalue weighted by Gasteiger charge is -2.34. The van der Waals surface area contributed by atoms with Gasteiger partial charge < -0.3 is 10.2 Å². The average molecular weight is 269 g/mol. The molecule has 3 N–H and O–H groups in total. The number of nitrogens with one attached hydrogen (secondary N) is 1. The quantitative estimate of drug-likeness (QED) is 0.839. The first-order chi connectivity index (χ1) is 8.50. The Kier molecular flexibility index (Phi) is 3.89. The van der Waals surface area contributed by atoms with Gasteiger partial charge in [-0.05, 0) is 44.2 Å². The van der Waals surface area contributed by atoms with E-state index >= 15 is 0 Å². The summed E-state index contributed by atoms with van der Waals surface area (Å²) in [6.07, 6.45) is 2.32. The van der Waals surface area contributed by atoms with E-state index in [1.54, 1.807) is 12.1 Å². The number of hydrogen-bond acceptors (Lipinski definition) is 4. The van der Waals surface area contributed by atoms with Crippen LogP contribution in [0.3, 0.4) is 0 Å². The van der Waals surface area contributed by atoms with Crippen LogP contribution in [0.15, 0.2) is 29.2 Å². The molecule has 1 fully saturated rings. The van der Waals surface area contributed by atoms with Crippen molar-refractivity contribution >= 4 is 15.7 Å². The zero-order valence-electron chi connectivity index (χ0n) is 10.5. The number of nitrogens with two attached hydrogens (primary N) is 1. The van der Waals surface area contributed by atoms with Gasteiger partial charge in [0.05, 0.1) is 4.90 Å². The fourth-order valence-corrected chi connectivity index (χ4v) is 2.81. The van der Waals surface area contributed by atoms with Crippen LogP contribution in [0.1, 0.15) is 12.8 Å². The van der Waals surface area contributed by atoms with Crippen LogP contribution in [-0.4, -0.2) is 34.6 Å². The lowest BCUT2D eigenvalue weighted by Crippen LogP contribution is -2.44. The van der Waals surface area contributed by atoms with E-state index in [9.17, 15) is 8.42 Å². The van der Waals surface area contributed by atoms with Crippen LogP contribution in [0.4, 0.5) is 5.69 Å². The van der Waals surface area contributed by atoms with Crippen molar-refractivity contribution in [3.63, 3.8) is 0 Å². The molecule has 0 aromatic heterocycles. The third-order valence-corrected chi connectivity index (χ3v) is 4.29. The summed E-state index contributed by atoms with van der Waals surface area (Å²) in [7, 11) is -1.63. The monoisotopic (exact) mass is 269 g/mol. The normalized spacial score (nSPS) is 21.0. The topological polar surface area (TPSA) is 75.4 Å². The second-order valence-electron chi connectivity index (χ2n) is 4.61. The van der Waals surface area contributed by atoms with E-state index in [0.29, 0.717) is 6.04 Å². The summed E-state index contributed by atoms with van der Waals surface area (Å²) in [5, 5.41) is 8.36. The molecule has 5 nitrogen and oxygen atoms in total. The summed E-state index contributed by atoms with van der Waals surface area (Å²) in [6.45, 7) is 1.96. The second-order valence-corrected chi connectivity index (χ2v) is 6.17. The van der Waals surface area contributed by atoms with Crippen molar-refractivity contribution in [2.75, 3.05) is 25.0 Å². The van der Waals surface area contributed by atoms with Crippen LogP contribution in [-0.2, 0) is 10.0 Å². The van der Waals surface area contributed by atoms with E-state index in [1.165, 1.54) is 6.42 Å². The number of hydrogen-bond donors (Lipinski definition) is 2. The Morgan fingerprint density at radius 2 is 2.00 bits per heavy atom. The van der Waals surface area contributed by atoms with Crippen molar-refractivity contribution in [3.05, 3.63) is 24.3 Å². The SMILES string of the molecule is CNC1CCCN(c2ccc(S(N)(=O)=O)cc2)C1. The van der Waals surface area contributed by atoms with Crippen molar-refractivity contribution in [2.24, 2.45) is 5.14 Å². The fraction of sp³-hybridized carbons (Fsp3) is 0.500. The minimum atomic E-state index is -3.60. The highest BCUT2D eigenvalue weighted by atomic mass is 32.2. The van der Waals surface area contributed by atoms with Crippen molar-refractivity contribution < 1.29 is 8.42 Å². The van der Waals surface area contributed by atoms with E-state index in [-0.39, 0.29) is 4.90 Å². The van der Waals surface area contributed by atoms with Gasteiger partial charge in [-0.3, -0.25) is 0 Å². The van der Waals surface area contributed by atoms with E-state index in [1.807, 2.05) is 19.2 Å². The fourth-order valence-electron chi connectivity index (χ4n) is 2.29. The van der Waals surface area contributed by atoms with Gasteiger partial charge in [-0.2, -0.15) is 0 Å². The smallest absolute Gasteiger partial charge is 0.238 e. The molecule has 1 aromatic rings. The van der Waals surface area contributed by atoms with Crippen LogP contribution in [0, 0.1) is 0 Å². The number of primary sulfonamides is 1. The highest BCUT2D eigenvalue weighted by Gasteiger charge is 2.19. The Balaban J connectivity index is 2.14. The molecule has 100 valence electrons. The molecule has 6 heteroatoms. The van der Waals surface area contributed by atoms with Crippen LogP contribution in [0.25, 0.3) is 0 Å². The summed E-state index contributed by atoms with van der Waals surface area (Å²) in [6, 6.07) is 7.26. The van der Waals surface area contributed by atoms with Gasteiger partial charge in [0.15, 0.2) is 0 Å². The van der Waals surface area contributed by atoms with Crippen LogP contribution in [0.5, 0.6) is 0 Å². The lowest BCUT2D eigenvalue weighted by molar-refractivity contribution is 0.449. The van der Waals surface area contributed by atoms with Crippen molar-refractivity contribution in [1.82, 2.24) is 5.32 Å². The zero-order valence-corrected chi connectivity index (χ0v) is 11.3. The molecule has 0 saturated carbocycles. The molecule has 1 aliphatic rings. The average Bonchev–Trinajstić information content (AvgIpc) is 2.38. The minimum Gasteiger partial charge on any atom is -0.370 e. The molecule has 1 unspecified atom stereocenters. The third kappa shape index (κ3) is 3.01. The molecular formula is C12H19N3O2S. The molecule has 0 bridgehead atoms. The number of anilines is 1. The molecule has 0 spiro atoms. The molecule has 0 aliphatic carbocycles. The largest absolute Gasteiger partial charge is 0.370 e. The van der Waals surface area contributed by atoms with Gasteiger partial charge in [-0.1, -0.05) is 0 Å². The van der Waals surface area contributed by atoms with Gasteiger partial charge in [-0.25, -0.2) is 13.6 Å². The summed E-state index contributed by atoms with van der Waals surface area (Å²) in [5.74, 6) is 0. The first kappa shape index (κ1) is 13.3. The van der Waals surface area contributed by atoms with Gasteiger partial charge in [0.2, 0.25) is 10.0 Å². The maximum absolute atomic E-state index is 11.2. The number of sulfonamides is 1. The first-order valence-corrected chi connectivity index (χ1v) is 7.60. The number of benzene rings is 1. The van der Waals surface area contributed by atoms with Crippen molar-refractivity contribution in [3.8, 4) is 0 Å². The zero-order chi connectivity index (χ0) is 13.2. The Morgan fingerprint density at radius 3 is 2.56 bits per heavy atom. The predicted molar refractivity (Wildman–Crippen MR) is 72.1 cm³/mol. The summed E-state index contributed by atoms with van der Waals surface area (Å²) in [5.41, 5.74) is 1.04. The molecule has 1 aliphatic heterocycles. The molecule has 1 aromatic carbocycles. The number of nitrogens with zero attached hydrogens (tertiary/aromatic N) is 1.